The lowest BCUT2D eigenvalue weighted by molar-refractivity contribution is -0.359. The van der Waals surface area contributed by atoms with Gasteiger partial charge in [0.25, 0.3) is 0 Å². The topological polar surface area (TPSA) is 228 Å². The Kier molecular flexibility index (Phi) is 46.8. The molecule has 0 bridgehead atoms. The van der Waals surface area contributed by atoms with Crippen LogP contribution in [-0.4, -0.2) is 140 Å². The molecule has 464 valence electrons. The van der Waals surface area contributed by atoms with Gasteiger partial charge in [0.1, 0.15) is 48.8 Å². The molecule has 14 heteroatoms. The van der Waals surface area contributed by atoms with Gasteiger partial charge in [-0.1, -0.05) is 228 Å². The number of aliphatic hydroxyl groups is 8. The highest BCUT2D eigenvalue weighted by molar-refractivity contribution is 5.76. The maximum absolute atomic E-state index is 13.3. The summed E-state index contributed by atoms with van der Waals surface area (Å²) in [6.45, 7) is 2.77. The van der Waals surface area contributed by atoms with Crippen molar-refractivity contribution in [1.82, 2.24) is 5.32 Å². The maximum atomic E-state index is 13.3. The molecule has 0 aromatic heterocycles. The molecule has 1 amide bonds. The summed E-state index contributed by atoms with van der Waals surface area (Å²) >= 11 is 0. The Bertz CT molecular complexity index is 1620. The Morgan fingerprint density at radius 2 is 0.838 bits per heavy atom. The molecule has 0 aromatic rings. The molecule has 80 heavy (non-hydrogen) atoms. The number of allylic oxidation sites excluding steroid dienone is 11. The first-order valence-corrected chi connectivity index (χ1v) is 32.2. The van der Waals surface area contributed by atoms with Crippen molar-refractivity contribution in [3.05, 3.63) is 72.9 Å². The van der Waals surface area contributed by atoms with Gasteiger partial charge in [-0.2, -0.15) is 0 Å². The lowest BCUT2D eigenvalue weighted by Gasteiger charge is -2.46. The van der Waals surface area contributed by atoms with Crippen LogP contribution in [0.3, 0.4) is 0 Å². The summed E-state index contributed by atoms with van der Waals surface area (Å²) in [7, 11) is 0. The number of amides is 1. The second-order valence-corrected chi connectivity index (χ2v) is 22.5. The highest BCUT2D eigenvalue weighted by Crippen LogP contribution is 2.30. The number of carbonyl (C=O) groups is 1. The van der Waals surface area contributed by atoms with E-state index in [1.165, 1.54) is 148 Å². The molecule has 0 radical (unpaired) electrons. The van der Waals surface area contributed by atoms with Gasteiger partial charge < -0.3 is 65.1 Å². The number of hydrogen-bond acceptors (Lipinski definition) is 13. The van der Waals surface area contributed by atoms with Gasteiger partial charge in [0.05, 0.1) is 32.0 Å². The fourth-order valence-corrected chi connectivity index (χ4v) is 10.2. The Morgan fingerprint density at radius 3 is 1.31 bits per heavy atom. The molecular formula is C66H117NO13. The summed E-state index contributed by atoms with van der Waals surface area (Å²) in [6.07, 6.45) is 50.8. The molecule has 9 N–H and O–H groups in total. The Morgan fingerprint density at radius 1 is 0.450 bits per heavy atom. The summed E-state index contributed by atoms with van der Waals surface area (Å²) in [5.74, 6) is -0.256. The van der Waals surface area contributed by atoms with E-state index in [1.807, 2.05) is 6.08 Å². The lowest BCUT2D eigenvalue weighted by Crippen LogP contribution is -2.65. The molecule has 0 saturated carbocycles. The highest BCUT2D eigenvalue weighted by Gasteiger charge is 2.51. The van der Waals surface area contributed by atoms with Crippen LogP contribution < -0.4 is 5.32 Å². The van der Waals surface area contributed by atoms with Gasteiger partial charge in [-0.15, -0.1) is 0 Å². The fourth-order valence-electron chi connectivity index (χ4n) is 10.2. The van der Waals surface area contributed by atoms with Crippen LogP contribution >= 0.6 is 0 Å². The largest absolute Gasteiger partial charge is 0.394 e. The molecule has 12 atom stereocenters. The van der Waals surface area contributed by atoms with Gasteiger partial charge in [0, 0.05) is 6.42 Å². The molecule has 0 aliphatic carbocycles. The van der Waals surface area contributed by atoms with Gasteiger partial charge in [-0.05, 0) is 83.5 Å². The van der Waals surface area contributed by atoms with Crippen LogP contribution in [0.25, 0.3) is 0 Å². The quantitative estimate of drug-likeness (QED) is 0.0204. The van der Waals surface area contributed by atoms with Crippen LogP contribution in [0.1, 0.15) is 245 Å². The molecule has 2 aliphatic heterocycles. The number of ether oxygens (including phenoxy) is 4. The van der Waals surface area contributed by atoms with E-state index in [0.717, 1.165) is 64.2 Å². The van der Waals surface area contributed by atoms with Crippen LogP contribution in [-0.2, 0) is 23.7 Å². The molecule has 2 saturated heterocycles. The van der Waals surface area contributed by atoms with Crippen molar-refractivity contribution < 1.29 is 64.6 Å². The third-order valence-corrected chi connectivity index (χ3v) is 15.3. The average molecular weight is 1130 g/mol. The number of rotatable bonds is 51. The summed E-state index contributed by atoms with van der Waals surface area (Å²) in [5.41, 5.74) is 0. The summed E-state index contributed by atoms with van der Waals surface area (Å²) < 4.78 is 22.8. The number of unbranched alkanes of at least 4 members (excludes halogenated alkanes) is 28. The van der Waals surface area contributed by atoms with Crippen molar-refractivity contribution in [2.24, 2.45) is 0 Å². The molecule has 2 fully saturated rings. The number of carbonyl (C=O) groups excluding carboxylic acids is 1. The minimum Gasteiger partial charge on any atom is -0.394 e. The summed E-state index contributed by atoms with van der Waals surface area (Å²) in [4.78, 5) is 13.3. The zero-order valence-electron chi connectivity index (χ0n) is 50.1. The third kappa shape index (κ3) is 35.5. The van der Waals surface area contributed by atoms with E-state index < -0.39 is 86.8 Å². The lowest BCUT2D eigenvalue weighted by atomic mass is 9.97. The smallest absolute Gasteiger partial charge is 0.220 e. The zero-order valence-corrected chi connectivity index (χ0v) is 50.1. The van der Waals surface area contributed by atoms with E-state index in [0.29, 0.717) is 12.8 Å². The first-order valence-electron chi connectivity index (χ1n) is 32.2. The summed E-state index contributed by atoms with van der Waals surface area (Å²) in [6, 6.07) is -0.943. The van der Waals surface area contributed by atoms with Gasteiger partial charge in [-0.25, -0.2) is 0 Å². The van der Waals surface area contributed by atoms with Gasteiger partial charge in [0.15, 0.2) is 12.6 Å². The molecule has 0 aromatic carbocycles. The third-order valence-electron chi connectivity index (χ3n) is 15.3. The Labute approximate surface area is 485 Å². The number of aliphatic hydroxyl groups excluding tert-OH is 8. The van der Waals surface area contributed by atoms with Crippen molar-refractivity contribution in [3.63, 3.8) is 0 Å². The first kappa shape index (κ1) is 73.5. The fraction of sp³-hybridized carbons (Fsp3) is 0.803. The monoisotopic (exact) mass is 1130 g/mol. The van der Waals surface area contributed by atoms with Crippen molar-refractivity contribution in [1.29, 1.82) is 0 Å². The van der Waals surface area contributed by atoms with E-state index in [2.05, 4.69) is 79.9 Å². The Hall–Kier alpha value is -2.57. The number of nitrogens with one attached hydrogen (secondary N) is 1. The van der Waals surface area contributed by atoms with Gasteiger partial charge in [0.2, 0.25) is 5.91 Å². The molecule has 12 unspecified atom stereocenters. The van der Waals surface area contributed by atoms with E-state index in [1.54, 1.807) is 6.08 Å². The van der Waals surface area contributed by atoms with E-state index >= 15 is 0 Å². The second kappa shape index (κ2) is 50.9. The van der Waals surface area contributed by atoms with Gasteiger partial charge in [-0.3, -0.25) is 4.79 Å². The predicted molar refractivity (Wildman–Crippen MR) is 323 cm³/mol. The maximum Gasteiger partial charge on any atom is 0.220 e. The van der Waals surface area contributed by atoms with Crippen molar-refractivity contribution in [3.8, 4) is 0 Å². The Balaban J connectivity index is 1.74. The van der Waals surface area contributed by atoms with Gasteiger partial charge >= 0.3 is 0 Å². The summed E-state index contributed by atoms with van der Waals surface area (Å²) in [5, 5.41) is 87.2. The minimum absolute atomic E-state index is 0.256. The molecular weight excluding hydrogens is 1010 g/mol. The van der Waals surface area contributed by atoms with Crippen molar-refractivity contribution in [2.75, 3.05) is 19.8 Å². The molecule has 0 spiro atoms. The van der Waals surface area contributed by atoms with Crippen molar-refractivity contribution in [2.45, 2.75) is 319 Å². The zero-order chi connectivity index (χ0) is 58.1. The minimum atomic E-state index is -1.80. The molecule has 2 aliphatic rings. The van der Waals surface area contributed by atoms with Crippen molar-refractivity contribution >= 4 is 5.91 Å². The van der Waals surface area contributed by atoms with Crippen LogP contribution in [0.4, 0.5) is 0 Å². The van der Waals surface area contributed by atoms with Crippen LogP contribution in [0.2, 0.25) is 0 Å². The number of hydrogen-bond donors (Lipinski definition) is 9. The van der Waals surface area contributed by atoms with E-state index in [-0.39, 0.29) is 18.9 Å². The van der Waals surface area contributed by atoms with E-state index in [4.69, 9.17) is 18.9 Å². The molecule has 2 heterocycles. The van der Waals surface area contributed by atoms with Crippen LogP contribution in [0.5, 0.6) is 0 Å². The first-order chi connectivity index (χ1) is 39.1. The molecule has 2 rings (SSSR count). The average Bonchev–Trinajstić information content (AvgIpc) is 3.49. The highest BCUT2D eigenvalue weighted by atomic mass is 16.7. The predicted octanol–water partition coefficient (Wildman–Crippen LogP) is 11.9. The van der Waals surface area contributed by atoms with E-state index in [9.17, 15) is 45.6 Å². The molecule has 14 nitrogen and oxygen atoms in total. The second-order valence-electron chi connectivity index (χ2n) is 22.5. The standard InChI is InChI=1S/C66H117NO13/c1-3-5-7-9-11-13-15-17-19-21-23-24-25-26-27-28-29-30-32-34-36-38-40-42-44-46-48-50-58(71)67-54(55(70)49-47-45-43-41-39-37-35-33-31-22-20-18-16-14-12-10-8-6-4-2)53-77-65-63(76)61(74)64(57(52-69)79-65)80-66-62(75)60(73)59(72)56(51-68)78-66/h15,17,21,23,25-26,31,33,39,41,47,49,54-57,59-66,68-70,72-76H,3-14,16,18-20,22,24,27-30,32,34-38,40,42-46,48,50-53H2,1-2H3,(H,67,71)/b17-15-,23-21-,26-25-,33-31+,41-39+,49-47+. The van der Waals surface area contributed by atoms with Crippen LogP contribution in [0, 0.1) is 0 Å². The van der Waals surface area contributed by atoms with Crippen LogP contribution in [0.15, 0.2) is 72.9 Å². The SMILES string of the molecule is CCCCCCC/C=C\C/C=C\C/C=C\CCCCCCCCCCCCCCC(=O)NC(COC1OC(CO)C(OC2OC(CO)C(O)C(O)C2O)C(O)C1O)C(O)/C=C/CC/C=C/CC/C=C/CCCCCCCCCCC. The normalized spacial score (nSPS) is 24.7.